The summed E-state index contributed by atoms with van der Waals surface area (Å²) in [6, 6.07) is 10.7. The molecule has 5 nitrogen and oxygen atoms in total. The van der Waals surface area contributed by atoms with Crippen molar-refractivity contribution < 1.29 is 4.79 Å². The summed E-state index contributed by atoms with van der Waals surface area (Å²) in [5.74, 6) is 0.468. The maximum absolute atomic E-state index is 12.5. The Labute approximate surface area is 154 Å². The lowest BCUT2D eigenvalue weighted by Gasteiger charge is -2.32. The topological polar surface area (TPSA) is 74.8 Å². The Balaban J connectivity index is 1.63. The predicted molar refractivity (Wildman–Crippen MR) is 102 cm³/mol. The number of hydrogen-bond acceptors (Lipinski definition) is 3. The maximum atomic E-state index is 12.5. The third-order valence-electron chi connectivity index (χ3n) is 5.40. The monoisotopic (exact) mass is 353 g/mol. The van der Waals surface area contributed by atoms with Gasteiger partial charge in [-0.1, -0.05) is 43.2 Å². The lowest BCUT2D eigenvalue weighted by molar-refractivity contribution is -0.122. The summed E-state index contributed by atoms with van der Waals surface area (Å²) in [6.07, 6.45) is 5.54. The van der Waals surface area contributed by atoms with E-state index in [0.717, 1.165) is 30.5 Å². The summed E-state index contributed by atoms with van der Waals surface area (Å²) < 4.78 is 0. The number of amides is 1. The van der Waals surface area contributed by atoms with E-state index in [4.69, 9.17) is 0 Å². The molecule has 1 saturated carbocycles. The molecule has 1 amide bonds. The first kappa shape index (κ1) is 18.4. The lowest BCUT2D eigenvalue weighted by Crippen LogP contribution is -2.41. The van der Waals surface area contributed by atoms with E-state index in [1.54, 1.807) is 0 Å². The number of nitrogens with one attached hydrogen (secondary N) is 2. The van der Waals surface area contributed by atoms with Crippen LogP contribution in [0.25, 0.3) is 0 Å². The zero-order chi connectivity index (χ0) is 18.5. The van der Waals surface area contributed by atoms with Crippen molar-refractivity contribution >= 4 is 5.91 Å². The van der Waals surface area contributed by atoms with Gasteiger partial charge in [-0.15, -0.1) is 0 Å². The second-order valence-corrected chi connectivity index (χ2v) is 7.21. The van der Waals surface area contributed by atoms with Crippen LogP contribution in [0.5, 0.6) is 0 Å². The molecule has 1 fully saturated rings. The summed E-state index contributed by atoms with van der Waals surface area (Å²) in [7, 11) is 0. The zero-order valence-corrected chi connectivity index (χ0v) is 15.5. The van der Waals surface area contributed by atoms with Gasteiger partial charge in [0.2, 0.25) is 5.91 Å². The number of aromatic amines is 1. The van der Waals surface area contributed by atoms with Crippen molar-refractivity contribution in [2.24, 2.45) is 0 Å². The first-order valence-electron chi connectivity index (χ1n) is 9.45. The second kappa shape index (κ2) is 8.30. The summed E-state index contributed by atoms with van der Waals surface area (Å²) >= 11 is 0. The highest BCUT2D eigenvalue weighted by Gasteiger charge is 2.27. The van der Waals surface area contributed by atoms with Gasteiger partial charge in [-0.2, -0.15) is 4.98 Å². The molecule has 0 spiro atoms. The highest BCUT2D eigenvalue weighted by molar-refractivity contribution is 5.76. The minimum Gasteiger partial charge on any atom is -0.353 e. The van der Waals surface area contributed by atoms with Crippen LogP contribution in [-0.4, -0.2) is 21.9 Å². The predicted octanol–water partition coefficient (Wildman–Crippen LogP) is 3.16. The van der Waals surface area contributed by atoms with Crippen LogP contribution in [0.1, 0.15) is 60.5 Å². The van der Waals surface area contributed by atoms with Gasteiger partial charge in [-0.05, 0) is 44.2 Å². The normalized spacial score (nSPS) is 19.9. The Morgan fingerprint density at radius 2 is 1.92 bits per heavy atom. The van der Waals surface area contributed by atoms with Crippen molar-refractivity contribution in [2.75, 3.05) is 0 Å². The molecular weight excluding hydrogens is 326 g/mol. The SMILES string of the molecule is Cc1nc(=O)[nH]c(C)c1CCC(=O)N[C@@H]1CCCC[C@H]1c1ccccc1. The van der Waals surface area contributed by atoms with Crippen LogP contribution in [0.15, 0.2) is 35.1 Å². The Kier molecular flexibility index (Phi) is 5.86. The fourth-order valence-corrected chi connectivity index (χ4v) is 4.04. The van der Waals surface area contributed by atoms with Crippen molar-refractivity contribution in [1.82, 2.24) is 15.3 Å². The van der Waals surface area contributed by atoms with E-state index >= 15 is 0 Å². The molecule has 1 heterocycles. The molecule has 2 N–H and O–H groups in total. The first-order valence-corrected chi connectivity index (χ1v) is 9.45. The molecular formula is C21H27N3O2. The number of benzene rings is 1. The molecule has 1 aromatic heterocycles. The Morgan fingerprint density at radius 1 is 1.19 bits per heavy atom. The first-order chi connectivity index (χ1) is 12.5. The van der Waals surface area contributed by atoms with Crippen LogP contribution < -0.4 is 11.0 Å². The Bertz CT molecular complexity index is 788. The fourth-order valence-electron chi connectivity index (χ4n) is 4.04. The fraction of sp³-hybridized carbons (Fsp3) is 0.476. The van der Waals surface area contributed by atoms with Crippen molar-refractivity contribution in [3.05, 3.63) is 63.3 Å². The number of H-pyrrole nitrogens is 1. The summed E-state index contributed by atoms with van der Waals surface area (Å²) in [5.41, 5.74) is 3.45. The van der Waals surface area contributed by atoms with Gasteiger partial charge >= 0.3 is 5.69 Å². The molecule has 1 aliphatic carbocycles. The quantitative estimate of drug-likeness (QED) is 0.867. The van der Waals surface area contributed by atoms with Crippen LogP contribution >= 0.6 is 0 Å². The van der Waals surface area contributed by atoms with Crippen molar-refractivity contribution in [3.8, 4) is 0 Å². The minimum absolute atomic E-state index is 0.0721. The highest BCUT2D eigenvalue weighted by Crippen LogP contribution is 2.33. The molecule has 0 bridgehead atoms. The lowest BCUT2D eigenvalue weighted by atomic mass is 9.80. The van der Waals surface area contributed by atoms with Gasteiger partial charge in [-0.25, -0.2) is 4.79 Å². The summed E-state index contributed by atoms with van der Waals surface area (Å²) in [6.45, 7) is 3.68. The highest BCUT2D eigenvalue weighted by atomic mass is 16.1. The summed E-state index contributed by atoms with van der Waals surface area (Å²) in [5, 5.41) is 3.26. The van der Waals surface area contributed by atoms with Gasteiger partial charge in [0.1, 0.15) is 0 Å². The van der Waals surface area contributed by atoms with Gasteiger partial charge in [0.25, 0.3) is 0 Å². The molecule has 1 aliphatic rings. The number of carbonyl (C=O) groups is 1. The van der Waals surface area contributed by atoms with Crippen molar-refractivity contribution in [3.63, 3.8) is 0 Å². The molecule has 1 aromatic carbocycles. The van der Waals surface area contributed by atoms with E-state index < -0.39 is 0 Å². The third-order valence-corrected chi connectivity index (χ3v) is 5.40. The number of aromatic nitrogens is 2. The minimum atomic E-state index is -0.332. The van der Waals surface area contributed by atoms with E-state index in [0.29, 0.717) is 24.5 Å². The van der Waals surface area contributed by atoms with Crippen LogP contribution in [0.4, 0.5) is 0 Å². The molecule has 5 heteroatoms. The maximum Gasteiger partial charge on any atom is 0.345 e. The number of nitrogens with zero attached hydrogens (tertiary/aromatic N) is 1. The molecule has 0 radical (unpaired) electrons. The zero-order valence-electron chi connectivity index (χ0n) is 15.5. The van der Waals surface area contributed by atoms with E-state index in [1.165, 1.54) is 12.0 Å². The van der Waals surface area contributed by atoms with Gasteiger partial charge in [0.15, 0.2) is 0 Å². The molecule has 0 unspecified atom stereocenters. The van der Waals surface area contributed by atoms with Crippen molar-refractivity contribution in [2.45, 2.75) is 64.3 Å². The van der Waals surface area contributed by atoms with E-state index in [2.05, 4.69) is 39.6 Å². The Morgan fingerprint density at radius 3 is 2.65 bits per heavy atom. The van der Waals surface area contributed by atoms with Gasteiger partial charge in [0, 0.05) is 29.8 Å². The third kappa shape index (κ3) is 4.40. The Hall–Kier alpha value is -2.43. The number of carbonyl (C=O) groups excluding carboxylic acids is 1. The van der Waals surface area contributed by atoms with Gasteiger partial charge in [-0.3, -0.25) is 4.79 Å². The van der Waals surface area contributed by atoms with Crippen LogP contribution in [-0.2, 0) is 11.2 Å². The molecule has 3 rings (SSSR count). The summed E-state index contributed by atoms with van der Waals surface area (Å²) in [4.78, 5) is 30.6. The molecule has 26 heavy (non-hydrogen) atoms. The largest absolute Gasteiger partial charge is 0.353 e. The van der Waals surface area contributed by atoms with Crippen LogP contribution in [0.2, 0.25) is 0 Å². The molecule has 2 aromatic rings. The molecule has 0 aliphatic heterocycles. The molecule has 138 valence electrons. The number of hydrogen-bond donors (Lipinski definition) is 2. The van der Waals surface area contributed by atoms with Crippen LogP contribution in [0.3, 0.4) is 0 Å². The average molecular weight is 353 g/mol. The van der Waals surface area contributed by atoms with E-state index in [9.17, 15) is 9.59 Å². The smallest absolute Gasteiger partial charge is 0.345 e. The molecule has 0 saturated heterocycles. The number of rotatable bonds is 5. The average Bonchev–Trinajstić information content (AvgIpc) is 2.62. The van der Waals surface area contributed by atoms with E-state index in [1.807, 2.05) is 19.9 Å². The van der Waals surface area contributed by atoms with Gasteiger partial charge < -0.3 is 10.3 Å². The van der Waals surface area contributed by atoms with Gasteiger partial charge in [0.05, 0.1) is 0 Å². The van der Waals surface area contributed by atoms with Crippen LogP contribution in [0, 0.1) is 13.8 Å². The number of aryl methyl sites for hydroxylation is 2. The molecule has 2 atom stereocenters. The van der Waals surface area contributed by atoms with E-state index in [-0.39, 0.29) is 17.6 Å². The standard InChI is InChI=1S/C21H27N3O2/c1-14-17(15(2)23-21(26)22-14)12-13-20(25)24-19-11-7-6-10-18(19)16-8-4-3-5-9-16/h3-5,8-9,18-19H,6-7,10-13H2,1-2H3,(H,24,25)(H,22,23,26)/t18-,19+/m0/s1. The second-order valence-electron chi connectivity index (χ2n) is 7.21. The van der Waals surface area contributed by atoms with Crippen molar-refractivity contribution in [1.29, 1.82) is 0 Å².